The van der Waals surface area contributed by atoms with E-state index in [-0.39, 0.29) is 18.3 Å². The van der Waals surface area contributed by atoms with Gasteiger partial charge in [0, 0.05) is 10.1 Å². The zero-order valence-corrected chi connectivity index (χ0v) is 19.5. The predicted octanol–water partition coefficient (Wildman–Crippen LogP) is 5.36. The second-order valence-corrected chi connectivity index (χ2v) is 9.44. The van der Waals surface area contributed by atoms with Gasteiger partial charge in [0.25, 0.3) is 0 Å². The number of hydrogen-bond acceptors (Lipinski definition) is 4. The van der Waals surface area contributed by atoms with Gasteiger partial charge >= 0.3 is 6.09 Å². The van der Waals surface area contributed by atoms with Gasteiger partial charge in [-0.25, -0.2) is 4.79 Å². The van der Waals surface area contributed by atoms with Crippen molar-refractivity contribution in [2.45, 2.75) is 45.5 Å². The molecular formula is C23H28INO4. The van der Waals surface area contributed by atoms with Gasteiger partial charge in [-0.15, -0.1) is 0 Å². The standard InChI is InChI=1S/C23H28INO4/c1-16-8-5-6-11-19(16)28-21(17-9-7-10-18(24)14-17)20-15-25(12-13-27-20)22(26)29-23(2,3)4/h5-11,14,20-21H,12-13,15H2,1-4H3. The lowest BCUT2D eigenvalue weighted by molar-refractivity contribution is -0.0838. The first-order valence-corrected chi connectivity index (χ1v) is 10.9. The zero-order chi connectivity index (χ0) is 21.0. The van der Waals surface area contributed by atoms with E-state index >= 15 is 0 Å². The fourth-order valence-corrected chi connectivity index (χ4v) is 3.79. The Morgan fingerprint density at radius 3 is 2.66 bits per heavy atom. The van der Waals surface area contributed by atoms with E-state index in [1.807, 2.05) is 70.2 Å². The number of rotatable bonds is 4. The van der Waals surface area contributed by atoms with Crippen LogP contribution in [0.15, 0.2) is 48.5 Å². The van der Waals surface area contributed by atoms with E-state index in [9.17, 15) is 4.79 Å². The highest BCUT2D eigenvalue weighted by Crippen LogP contribution is 2.31. The molecule has 5 nitrogen and oxygen atoms in total. The minimum absolute atomic E-state index is 0.297. The largest absolute Gasteiger partial charge is 0.483 e. The van der Waals surface area contributed by atoms with E-state index in [0.29, 0.717) is 19.7 Å². The first-order valence-electron chi connectivity index (χ1n) is 9.80. The van der Waals surface area contributed by atoms with E-state index in [4.69, 9.17) is 14.2 Å². The van der Waals surface area contributed by atoms with E-state index in [0.717, 1.165) is 20.4 Å². The fraction of sp³-hybridized carbons (Fsp3) is 0.435. The number of nitrogens with zero attached hydrogens (tertiary/aromatic N) is 1. The van der Waals surface area contributed by atoms with Crippen molar-refractivity contribution in [1.82, 2.24) is 4.90 Å². The molecular weight excluding hydrogens is 481 g/mol. The lowest BCUT2D eigenvalue weighted by Gasteiger charge is -2.37. The number of aryl methyl sites for hydroxylation is 1. The molecule has 0 saturated carbocycles. The predicted molar refractivity (Wildman–Crippen MR) is 121 cm³/mol. The normalized spacial score (nSPS) is 18.2. The second-order valence-electron chi connectivity index (χ2n) is 8.19. The van der Waals surface area contributed by atoms with Crippen LogP contribution in [0.4, 0.5) is 4.79 Å². The van der Waals surface area contributed by atoms with Gasteiger partial charge in [0.2, 0.25) is 0 Å². The molecule has 156 valence electrons. The Bertz CT molecular complexity index is 849. The minimum Gasteiger partial charge on any atom is -0.483 e. The van der Waals surface area contributed by atoms with Gasteiger partial charge < -0.3 is 19.1 Å². The number of hydrogen-bond donors (Lipinski definition) is 0. The Morgan fingerprint density at radius 1 is 1.21 bits per heavy atom. The highest BCUT2D eigenvalue weighted by atomic mass is 127. The summed E-state index contributed by atoms with van der Waals surface area (Å²) in [5, 5.41) is 0. The molecule has 0 spiro atoms. The lowest BCUT2D eigenvalue weighted by atomic mass is 10.0. The average Bonchev–Trinajstić information content (AvgIpc) is 2.66. The summed E-state index contributed by atoms with van der Waals surface area (Å²) >= 11 is 2.30. The van der Waals surface area contributed by atoms with Gasteiger partial charge in [-0.05, 0) is 79.6 Å². The number of benzene rings is 2. The van der Waals surface area contributed by atoms with Gasteiger partial charge in [0.1, 0.15) is 17.5 Å². The summed E-state index contributed by atoms with van der Waals surface area (Å²) in [7, 11) is 0. The zero-order valence-electron chi connectivity index (χ0n) is 17.4. The number of halogens is 1. The van der Waals surface area contributed by atoms with Crippen LogP contribution in [-0.4, -0.2) is 42.4 Å². The molecule has 1 aliphatic heterocycles. The van der Waals surface area contributed by atoms with Gasteiger partial charge in [0.15, 0.2) is 6.10 Å². The number of morpholine rings is 1. The van der Waals surface area contributed by atoms with Crippen LogP contribution in [-0.2, 0) is 9.47 Å². The molecule has 1 amide bonds. The molecule has 0 bridgehead atoms. The molecule has 0 radical (unpaired) electrons. The smallest absolute Gasteiger partial charge is 0.410 e. The van der Waals surface area contributed by atoms with Crippen molar-refractivity contribution in [3.63, 3.8) is 0 Å². The molecule has 0 aliphatic carbocycles. The van der Waals surface area contributed by atoms with Gasteiger partial charge in [-0.2, -0.15) is 0 Å². The second kappa shape index (κ2) is 9.34. The van der Waals surface area contributed by atoms with Gasteiger partial charge in [-0.1, -0.05) is 30.3 Å². The summed E-state index contributed by atoms with van der Waals surface area (Å²) in [6, 6.07) is 16.1. The fourth-order valence-electron chi connectivity index (χ4n) is 3.22. The molecule has 29 heavy (non-hydrogen) atoms. The van der Waals surface area contributed by atoms with Crippen LogP contribution in [0.5, 0.6) is 5.75 Å². The van der Waals surface area contributed by atoms with E-state index in [1.54, 1.807) is 4.90 Å². The van der Waals surface area contributed by atoms with E-state index in [2.05, 4.69) is 28.7 Å². The monoisotopic (exact) mass is 509 g/mol. The Hall–Kier alpha value is -1.80. The molecule has 3 rings (SSSR count). The summed E-state index contributed by atoms with van der Waals surface area (Å²) in [6.45, 7) is 9.01. The lowest BCUT2D eigenvalue weighted by Crippen LogP contribution is -2.50. The highest BCUT2D eigenvalue weighted by molar-refractivity contribution is 14.1. The highest BCUT2D eigenvalue weighted by Gasteiger charge is 2.35. The first-order chi connectivity index (χ1) is 13.7. The maximum absolute atomic E-state index is 12.6. The maximum Gasteiger partial charge on any atom is 0.410 e. The molecule has 1 saturated heterocycles. The van der Waals surface area contributed by atoms with Crippen LogP contribution < -0.4 is 4.74 Å². The molecule has 6 heteroatoms. The van der Waals surface area contributed by atoms with Crippen molar-refractivity contribution in [1.29, 1.82) is 0 Å². The van der Waals surface area contributed by atoms with Crippen LogP contribution in [0.25, 0.3) is 0 Å². The minimum atomic E-state index is -0.530. The summed E-state index contributed by atoms with van der Waals surface area (Å²) in [5.41, 5.74) is 1.55. The third-order valence-electron chi connectivity index (χ3n) is 4.61. The summed E-state index contributed by atoms with van der Waals surface area (Å²) < 4.78 is 19.2. The number of carbonyl (C=O) groups is 1. The maximum atomic E-state index is 12.6. The molecule has 1 heterocycles. The summed E-state index contributed by atoms with van der Waals surface area (Å²) in [6.07, 6.45) is -0.951. The Morgan fingerprint density at radius 2 is 1.97 bits per heavy atom. The molecule has 0 aromatic heterocycles. The summed E-state index contributed by atoms with van der Waals surface area (Å²) in [4.78, 5) is 14.3. The Kier molecular flexibility index (Phi) is 7.05. The van der Waals surface area contributed by atoms with E-state index < -0.39 is 5.60 Å². The third kappa shape index (κ3) is 6.09. The van der Waals surface area contributed by atoms with Crippen LogP contribution in [0.1, 0.15) is 38.0 Å². The number of amides is 1. The SMILES string of the molecule is Cc1ccccc1OC(c1cccc(I)c1)C1CN(C(=O)OC(C)(C)C)CCO1. The van der Waals surface area contributed by atoms with Crippen LogP contribution in [0.2, 0.25) is 0 Å². The van der Waals surface area contributed by atoms with Gasteiger partial charge in [-0.3, -0.25) is 0 Å². The van der Waals surface area contributed by atoms with E-state index in [1.165, 1.54) is 0 Å². The number of ether oxygens (including phenoxy) is 3. The van der Waals surface area contributed by atoms with Crippen molar-refractivity contribution in [3.05, 3.63) is 63.2 Å². The molecule has 0 N–H and O–H groups in total. The number of carbonyl (C=O) groups excluding carboxylic acids is 1. The first kappa shape index (κ1) is 21.9. The van der Waals surface area contributed by atoms with Crippen molar-refractivity contribution in [3.8, 4) is 5.75 Å². The molecule has 1 fully saturated rings. The van der Waals surface area contributed by atoms with Crippen LogP contribution >= 0.6 is 22.6 Å². The van der Waals surface area contributed by atoms with Crippen molar-refractivity contribution < 1.29 is 19.0 Å². The molecule has 2 aromatic carbocycles. The summed E-state index contributed by atoms with van der Waals surface area (Å²) in [5.74, 6) is 0.814. The topological polar surface area (TPSA) is 48.0 Å². The average molecular weight is 509 g/mol. The van der Waals surface area contributed by atoms with Gasteiger partial charge in [0.05, 0.1) is 13.2 Å². The van der Waals surface area contributed by atoms with Crippen molar-refractivity contribution in [2.75, 3.05) is 19.7 Å². The third-order valence-corrected chi connectivity index (χ3v) is 5.28. The van der Waals surface area contributed by atoms with Crippen LogP contribution in [0, 0.1) is 10.5 Å². The Labute approximate surface area is 186 Å². The van der Waals surface area contributed by atoms with Crippen molar-refractivity contribution in [2.24, 2.45) is 0 Å². The Balaban J connectivity index is 1.85. The molecule has 2 unspecified atom stereocenters. The van der Waals surface area contributed by atoms with Crippen LogP contribution in [0.3, 0.4) is 0 Å². The molecule has 2 atom stereocenters. The van der Waals surface area contributed by atoms with Crippen molar-refractivity contribution >= 4 is 28.7 Å². The quantitative estimate of drug-likeness (QED) is 0.522. The molecule has 1 aliphatic rings. The number of para-hydroxylation sites is 1. The molecule has 2 aromatic rings.